The molecular weight excluding hydrogens is 357 g/mol. The van der Waals surface area contributed by atoms with Gasteiger partial charge in [0, 0.05) is 3.57 Å². The van der Waals surface area contributed by atoms with E-state index in [1.54, 1.807) is 0 Å². The van der Waals surface area contributed by atoms with Crippen molar-refractivity contribution in [3.63, 3.8) is 0 Å². The van der Waals surface area contributed by atoms with Crippen LogP contribution < -0.4 is 5.32 Å². The summed E-state index contributed by atoms with van der Waals surface area (Å²) in [5.74, 6) is -0.417. The molecule has 0 saturated carbocycles. The first kappa shape index (κ1) is 16.4. The molecule has 0 radical (unpaired) electrons. The molecule has 1 atom stereocenters. The van der Waals surface area contributed by atoms with E-state index in [0.717, 1.165) is 19.3 Å². The fourth-order valence-corrected chi connectivity index (χ4v) is 2.44. The number of unbranched alkanes of at least 4 members (excludes halogenated alkanes) is 1. The maximum atomic E-state index is 11.2. The van der Waals surface area contributed by atoms with Crippen molar-refractivity contribution in [1.82, 2.24) is 5.32 Å². The first-order valence-electron chi connectivity index (χ1n) is 6.34. The zero-order chi connectivity index (χ0) is 14.1. The number of aliphatic hydroxyl groups excluding tert-OH is 1. The molecule has 1 rings (SSSR count). The van der Waals surface area contributed by atoms with Crippen molar-refractivity contribution in [1.29, 1.82) is 0 Å². The predicted octanol–water partition coefficient (Wildman–Crippen LogP) is 1.74. The van der Waals surface area contributed by atoms with E-state index < -0.39 is 12.0 Å². The molecule has 1 unspecified atom stereocenters. The van der Waals surface area contributed by atoms with Gasteiger partial charge in [0.2, 0.25) is 0 Å². The molecule has 0 heterocycles. The molecule has 0 bridgehead atoms. The van der Waals surface area contributed by atoms with Gasteiger partial charge in [0.05, 0.1) is 13.7 Å². The molecule has 0 aliphatic carbocycles. The SMILES string of the molecule is COC(=O)C(CO)NCCCCc1ccccc1I. The Labute approximate surface area is 127 Å². The summed E-state index contributed by atoms with van der Waals surface area (Å²) in [4.78, 5) is 11.2. The molecule has 19 heavy (non-hydrogen) atoms. The summed E-state index contributed by atoms with van der Waals surface area (Å²) >= 11 is 2.34. The Morgan fingerprint density at radius 3 is 2.79 bits per heavy atom. The number of benzene rings is 1. The van der Waals surface area contributed by atoms with E-state index in [2.05, 4.69) is 50.8 Å². The molecule has 0 spiro atoms. The van der Waals surface area contributed by atoms with Gasteiger partial charge in [-0.15, -0.1) is 0 Å². The Balaban J connectivity index is 2.21. The fourth-order valence-electron chi connectivity index (χ4n) is 1.78. The average Bonchev–Trinajstić information content (AvgIpc) is 2.44. The maximum absolute atomic E-state index is 11.2. The van der Waals surface area contributed by atoms with Gasteiger partial charge in [0.15, 0.2) is 0 Å². The van der Waals surface area contributed by atoms with Crippen LogP contribution in [0.15, 0.2) is 24.3 Å². The molecule has 0 aliphatic heterocycles. The predicted molar refractivity (Wildman–Crippen MR) is 83.0 cm³/mol. The van der Waals surface area contributed by atoms with Crippen LogP contribution in [0, 0.1) is 3.57 Å². The van der Waals surface area contributed by atoms with Crippen LogP contribution in [0.5, 0.6) is 0 Å². The third kappa shape index (κ3) is 5.88. The molecule has 5 heteroatoms. The number of ether oxygens (including phenoxy) is 1. The third-order valence-electron chi connectivity index (χ3n) is 2.89. The maximum Gasteiger partial charge on any atom is 0.325 e. The molecular formula is C14H20INO3. The van der Waals surface area contributed by atoms with Crippen LogP contribution in [-0.2, 0) is 16.0 Å². The van der Waals surface area contributed by atoms with Gasteiger partial charge in [0.25, 0.3) is 0 Å². The number of esters is 1. The molecule has 0 saturated heterocycles. The zero-order valence-corrected chi connectivity index (χ0v) is 13.2. The highest BCUT2D eigenvalue weighted by Crippen LogP contribution is 2.13. The van der Waals surface area contributed by atoms with Crippen molar-refractivity contribution in [3.05, 3.63) is 33.4 Å². The number of rotatable bonds is 8. The third-order valence-corrected chi connectivity index (χ3v) is 3.94. The van der Waals surface area contributed by atoms with Crippen LogP contribution in [0.4, 0.5) is 0 Å². The lowest BCUT2D eigenvalue weighted by molar-refractivity contribution is -0.144. The molecule has 106 valence electrons. The molecule has 2 N–H and O–H groups in total. The molecule has 0 amide bonds. The van der Waals surface area contributed by atoms with Crippen LogP contribution >= 0.6 is 22.6 Å². The monoisotopic (exact) mass is 377 g/mol. The Bertz CT molecular complexity index is 398. The van der Waals surface area contributed by atoms with Crippen molar-refractivity contribution in [2.45, 2.75) is 25.3 Å². The number of nitrogens with one attached hydrogen (secondary N) is 1. The van der Waals surface area contributed by atoms with Gasteiger partial charge in [-0.25, -0.2) is 0 Å². The van der Waals surface area contributed by atoms with Crippen LogP contribution in [0.1, 0.15) is 18.4 Å². The lowest BCUT2D eigenvalue weighted by atomic mass is 10.1. The van der Waals surface area contributed by atoms with E-state index in [1.807, 2.05) is 6.07 Å². The molecule has 1 aromatic carbocycles. The standard InChI is InChI=1S/C14H20INO3/c1-19-14(18)13(10-17)16-9-5-4-7-11-6-2-3-8-12(11)15/h2-3,6,8,13,16-17H,4-5,7,9-10H2,1H3. The highest BCUT2D eigenvalue weighted by molar-refractivity contribution is 14.1. The summed E-state index contributed by atoms with van der Waals surface area (Å²) in [5.41, 5.74) is 1.36. The highest BCUT2D eigenvalue weighted by atomic mass is 127. The lowest BCUT2D eigenvalue weighted by Crippen LogP contribution is -2.41. The van der Waals surface area contributed by atoms with Crippen LogP contribution in [-0.4, -0.2) is 37.4 Å². The fraction of sp³-hybridized carbons (Fsp3) is 0.500. The van der Waals surface area contributed by atoms with Crippen molar-refractivity contribution in [2.24, 2.45) is 0 Å². The Hall–Kier alpha value is -0.660. The minimum absolute atomic E-state index is 0.233. The highest BCUT2D eigenvalue weighted by Gasteiger charge is 2.16. The Kier molecular flexibility index (Phi) is 8.00. The largest absolute Gasteiger partial charge is 0.468 e. The van der Waals surface area contributed by atoms with Crippen molar-refractivity contribution < 1.29 is 14.6 Å². The second kappa shape index (κ2) is 9.28. The summed E-state index contributed by atoms with van der Waals surface area (Å²) in [6, 6.07) is 7.72. The smallest absolute Gasteiger partial charge is 0.325 e. The topological polar surface area (TPSA) is 58.6 Å². The first-order valence-corrected chi connectivity index (χ1v) is 7.42. The van der Waals surface area contributed by atoms with Gasteiger partial charge in [-0.1, -0.05) is 18.2 Å². The van der Waals surface area contributed by atoms with Crippen LogP contribution in [0.25, 0.3) is 0 Å². The van der Waals surface area contributed by atoms with E-state index in [4.69, 9.17) is 5.11 Å². The van der Waals surface area contributed by atoms with Crippen molar-refractivity contribution >= 4 is 28.6 Å². The van der Waals surface area contributed by atoms with Crippen LogP contribution in [0.3, 0.4) is 0 Å². The second-order valence-electron chi connectivity index (χ2n) is 4.26. The number of hydrogen-bond donors (Lipinski definition) is 2. The van der Waals surface area contributed by atoms with E-state index in [1.165, 1.54) is 16.2 Å². The lowest BCUT2D eigenvalue weighted by Gasteiger charge is -2.13. The zero-order valence-electron chi connectivity index (χ0n) is 11.1. The minimum atomic E-state index is -0.609. The minimum Gasteiger partial charge on any atom is -0.468 e. The van der Waals surface area contributed by atoms with Gasteiger partial charge in [-0.2, -0.15) is 0 Å². The number of methoxy groups -OCH3 is 1. The normalized spacial score (nSPS) is 12.2. The number of halogens is 1. The quantitative estimate of drug-likeness (QED) is 0.412. The summed E-state index contributed by atoms with van der Waals surface area (Å²) in [5, 5.41) is 12.0. The molecule has 0 aromatic heterocycles. The first-order chi connectivity index (χ1) is 9.19. The van der Waals surface area contributed by atoms with Crippen LogP contribution in [0.2, 0.25) is 0 Å². The van der Waals surface area contributed by atoms with Crippen molar-refractivity contribution in [3.8, 4) is 0 Å². The van der Waals surface area contributed by atoms with Gasteiger partial charge in [0.1, 0.15) is 6.04 Å². The van der Waals surface area contributed by atoms with E-state index in [0.29, 0.717) is 6.54 Å². The van der Waals surface area contributed by atoms with E-state index >= 15 is 0 Å². The number of aryl methyl sites for hydroxylation is 1. The van der Waals surface area contributed by atoms with Gasteiger partial charge < -0.3 is 15.2 Å². The van der Waals surface area contributed by atoms with Gasteiger partial charge in [-0.3, -0.25) is 4.79 Å². The Morgan fingerprint density at radius 1 is 1.42 bits per heavy atom. The van der Waals surface area contributed by atoms with Crippen molar-refractivity contribution in [2.75, 3.05) is 20.3 Å². The van der Waals surface area contributed by atoms with Gasteiger partial charge >= 0.3 is 5.97 Å². The number of carbonyl (C=O) groups excluding carboxylic acids is 1. The molecule has 0 fully saturated rings. The molecule has 1 aromatic rings. The molecule has 4 nitrogen and oxygen atoms in total. The summed E-state index contributed by atoms with van der Waals surface area (Å²) in [6.07, 6.45) is 3.04. The van der Waals surface area contributed by atoms with E-state index in [-0.39, 0.29) is 6.61 Å². The second-order valence-corrected chi connectivity index (χ2v) is 5.42. The Morgan fingerprint density at radius 2 is 2.16 bits per heavy atom. The number of hydrogen-bond acceptors (Lipinski definition) is 4. The average molecular weight is 377 g/mol. The summed E-state index contributed by atoms with van der Waals surface area (Å²) in [7, 11) is 1.32. The summed E-state index contributed by atoms with van der Waals surface area (Å²) in [6.45, 7) is 0.465. The number of carbonyl (C=O) groups is 1. The number of aliphatic hydroxyl groups is 1. The summed E-state index contributed by atoms with van der Waals surface area (Å²) < 4.78 is 5.87. The van der Waals surface area contributed by atoms with Gasteiger partial charge in [-0.05, 0) is 60.0 Å². The van der Waals surface area contributed by atoms with E-state index in [9.17, 15) is 4.79 Å². The molecule has 0 aliphatic rings.